The molecule has 6 nitrogen and oxygen atoms in total. The van der Waals surface area contributed by atoms with Crippen LogP contribution in [-0.4, -0.2) is 19.6 Å². The fourth-order valence-electron chi connectivity index (χ4n) is 2.38. The molecule has 0 bridgehead atoms. The molecule has 3 aromatic rings. The van der Waals surface area contributed by atoms with Gasteiger partial charge in [0.05, 0.1) is 12.5 Å². The van der Waals surface area contributed by atoms with Crippen molar-refractivity contribution in [1.29, 1.82) is 0 Å². The lowest BCUT2D eigenvalue weighted by molar-refractivity contribution is -0.138. The van der Waals surface area contributed by atoms with Gasteiger partial charge in [0.25, 0.3) is 0 Å². The van der Waals surface area contributed by atoms with Gasteiger partial charge in [0.1, 0.15) is 17.9 Å². The van der Waals surface area contributed by atoms with Crippen LogP contribution in [0.15, 0.2) is 57.7 Å². The van der Waals surface area contributed by atoms with E-state index in [1.54, 1.807) is 42.5 Å². The predicted octanol–water partition coefficient (Wildman–Crippen LogP) is 2.63. The lowest BCUT2D eigenvalue weighted by Gasteiger charge is -2.07. The molecule has 2 aromatic carbocycles. The molecule has 0 aliphatic heterocycles. The van der Waals surface area contributed by atoms with Crippen LogP contribution in [0.3, 0.4) is 0 Å². The number of hydrogen-bond acceptors (Lipinski definition) is 6. The van der Waals surface area contributed by atoms with Gasteiger partial charge in [-0.2, -0.15) is 0 Å². The Bertz CT molecular complexity index is 945. The van der Waals surface area contributed by atoms with E-state index in [1.165, 1.54) is 13.2 Å². The van der Waals surface area contributed by atoms with Crippen LogP contribution >= 0.6 is 0 Å². The molecule has 0 unspecified atom stereocenters. The lowest BCUT2D eigenvalue weighted by Crippen LogP contribution is -2.14. The van der Waals surface area contributed by atoms with Crippen LogP contribution in [0.1, 0.15) is 0 Å². The molecule has 3 rings (SSSR count). The van der Waals surface area contributed by atoms with Crippen LogP contribution < -0.4 is 16.5 Å². The molecule has 0 aliphatic rings. The number of anilines is 2. The van der Waals surface area contributed by atoms with E-state index in [9.17, 15) is 9.59 Å². The van der Waals surface area contributed by atoms with Crippen molar-refractivity contribution in [2.45, 2.75) is 0 Å². The van der Waals surface area contributed by atoms with Gasteiger partial charge in [0, 0.05) is 23.0 Å². The summed E-state index contributed by atoms with van der Waals surface area (Å²) in [5.41, 5.74) is 8.00. The summed E-state index contributed by atoms with van der Waals surface area (Å²) in [5.74, 6) is 0.106. The Balaban J connectivity index is 1.91. The summed E-state index contributed by atoms with van der Waals surface area (Å²) < 4.78 is 10.4. The molecular formula is C18H16N2O4. The Morgan fingerprint density at radius 1 is 1.21 bits per heavy atom. The SMILES string of the molecule is COC(=O)CNc1ccc(-c2cc(=O)c3c(N)cccc3o2)cc1. The third-order valence-corrected chi connectivity index (χ3v) is 3.62. The van der Waals surface area contributed by atoms with E-state index in [1.807, 2.05) is 0 Å². The topological polar surface area (TPSA) is 94.6 Å². The zero-order chi connectivity index (χ0) is 17.1. The summed E-state index contributed by atoms with van der Waals surface area (Å²) in [5, 5.41) is 3.33. The first kappa shape index (κ1) is 15.6. The summed E-state index contributed by atoms with van der Waals surface area (Å²) in [6.45, 7) is 0.0835. The van der Waals surface area contributed by atoms with Crippen molar-refractivity contribution >= 4 is 28.3 Å². The Kier molecular flexibility index (Phi) is 4.20. The van der Waals surface area contributed by atoms with Crippen molar-refractivity contribution in [3.63, 3.8) is 0 Å². The summed E-state index contributed by atoms with van der Waals surface area (Å²) >= 11 is 0. The average Bonchev–Trinajstić information content (AvgIpc) is 2.59. The number of hydrogen-bond donors (Lipinski definition) is 2. The van der Waals surface area contributed by atoms with Crippen LogP contribution in [0, 0.1) is 0 Å². The van der Waals surface area contributed by atoms with Crippen LogP contribution in [-0.2, 0) is 9.53 Å². The molecule has 122 valence electrons. The largest absolute Gasteiger partial charge is 0.468 e. The first-order chi connectivity index (χ1) is 11.6. The van der Waals surface area contributed by atoms with Crippen LogP contribution in [0.4, 0.5) is 11.4 Å². The van der Waals surface area contributed by atoms with Gasteiger partial charge in [-0.1, -0.05) is 6.07 Å². The number of nitrogens with one attached hydrogen (secondary N) is 1. The van der Waals surface area contributed by atoms with Crippen molar-refractivity contribution < 1.29 is 13.9 Å². The predicted molar refractivity (Wildman–Crippen MR) is 92.8 cm³/mol. The maximum absolute atomic E-state index is 12.3. The van der Waals surface area contributed by atoms with Gasteiger partial charge in [-0.25, -0.2) is 0 Å². The highest BCUT2D eigenvalue weighted by atomic mass is 16.5. The van der Waals surface area contributed by atoms with Crippen molar-refractivity contribution in [2.75, 3.05) is 24.7 Å². The van der Waals surface area contributed by atoms with Crippen LogP contribution in [0.2, 0.25) is 0 Å². The normalized spacial score (nSPS) is 10.5. The Morgan fingerprint density at radius 3 is 2.67 bits per heavy atom. The van der Waals surface area contributed by atoms with Gasteiger partial charge in [-0.3, -0.25) is 9.59 Å². The van der Waals surface area contributed by atoms with E-state index >= 15 is 0 Å². The van der Waals surface area contributed by atoms with Gasteiger partial charge in [-0.15, -0.1) is 0 Å². The zero-order valence-electron chi connectivity index (χ0n) is 13.0. The molecule has 1 aromatic heterocycles. The van der Waals surface area contributed by atoms with E-state index in [2.05, 4.69) is 10.1 Å². The number of carbonyl (C=O) groups is 1. The van der Waals surface area contributed by atoms with Gasteiger partial charge in [0.15, 0.2) is 5.43 Å². The number of methoxy groups -OCH3 is 1. The van der Waals surface area contributed by atoms with Crippen LogP contribution in [0.5, 0.6) is 0 Å². The van der Waals surface area contributed by atoms with E-state index in [0.717, 1.165) is 11.3 Å². The molecular weight excluding hydrogens is 308 g/mol. The number of ether oxygens (including phenoxy) is 1. The van der Waals surface area contributed by atoms with Crippen molar-refractivity contribution in [3.8, 4) is 11.3 Å². The van der Waals surface area contributed by atoms with Gasteiger partial charge in [0.2, 0.25) is 0 Å². The van der Waals surface area contributed by atoms with Crippen molar-refractivity contribution in [1.82, 2.24) is 0 Å². The number of nitrogens with two attached hydrogens (primary N) is 1. The maximum Gasteiger partial charge on any atom is 0.325 e. The fraction of sp³-hybridized carbons (Fsp3) is 0.111. The second-order valence-corrected chi connectivity index (χ2v) is 5.20. The number of esters is 1. The first-order valence-electron chi connectivity index (χ1n) is 7.32. The van der Waals surface area contributed by atoms with Crippen molar-refractivity contribution in [2.24, 2.45) is 0 Å². The Labute approximate surface area is 137 Å². The minimum Gasteiger partial charge on any atom is -0.468 e. The first-order valence-corrected chi connectivity index (χ1v) is 7.32. The lowest BCUT2D eigenvalue weighted by atomic mass is 10.1. The summed E-state index contributed by atoms with van der Waals surface area (Å²) in [6, 6.07) is 13.7. The molecule has 0 fully saturated rings. The molecule has 3 N–H and O–H groups in total. The highest BCUT2D eigenvalue weighted by molar-refractivity contribution is 5.89. The highest BCUT2D eigenvalue weighted by Gasteiger charge is 2.09. The molecule has 0 atom stereocenters. The molecule has 1 heterocycles. The molecule has 0 saturated carbocycles. The molecule has 0 spiro atoms. The molecule has 0 radical (unpaired) electrons. The zero-order valence-corrected chi connectivity index (χ0v) is 13.0. The summed E-state index contributed by atoms with van der Waals surface area (Å²) in [6.07, 6.45) is 0. The molecule has 0 amide bonds. The van der Waals surface area contributed by atoms with E-state index in [4.69, 9.17) is 10.2 Å². The highest BCUT2D eigenvalue weighted by Crippen LogP contribution is 2.25. The second kappa shape index (κ2) is 6.45. The van der Waals surface area contributed by atoms with E-state index in [0.29, 0.717) is 22.4 Å². The monoisotopic (exact) mass is 324 g/mol. The third kappa shape index (κ3) is 3.08. The third-order valence-electron chi connectivity index (χ3n) is 3.62. The number of carbonyl (C=O) groups excluding carboxylic acids is 1. The fourth-order valence-corrected chi connectivity index (χ4v) is 2.38. The van der Waals surface area contributed by atoms with Gasteiger partial charge >= 0.3 is 5.97 Å². The quantitative estimate of drug-likeness (QED) is 0.566. The molecule has 6 heteroatoms. The average molecular weight is 324 g/mol. The Morgan fingerprint density at radius 2 is 1.96 bits per heavy atom. The Hall–Kier alpha value is -3.28. The van der Waals surface area contributed by atoms with Crippen molar-refractivity contribution in [3.05, 3.63) is 58.8 Å². The van der Waals surface area contributed by atoms with E-state index < -0.39 is 0 Å². The molecule has 0 saturated heterocycles. The van der Waals surface area contributed by atoms with Gasteiger partial charge < -0.3 is 20.2 Å². The smallest absolute Gasteiger partial charge is 0.325 e. The summed E-state index contributed by atoms with van der Waals surface area (Å²) in [7, 11) is 1.33. The standard InChI is InChI=1S/C18H16N2O4/c1-23-17(22)10-20-12-7-5-11(6-8-12)16-9-14(21)18-13(19)3-2-4-15(18)24-16/h2-9,20H,10,19H2,1H3. The number of rotatable bonds is 4. The second-order valence-electron chi connectivity index (χ2n) is 5.20. The molecule has 24 heavy (non-hydrogen) atoms. The number of benzene rings is 2. The van der Waals surface area contributed by atoms with Crippen LogP contribution in [0.25, 0.3) is 22.3 Å². The number of nitrogen functional groups attached to an aromatic ring is 1. The summed E-state index contributed by atoms with van der Waals surface area (Å²) in [4.78, 5) is 23.4. The number of fused-ring (bicyclic) bond motifs is 1. The minimum atomic E-state index is -0.350. The maximum atomic E-state index is 12.3. The van der Waals surface area contributed by atoms with E-state index in [-0.39, 0.29) is 17.9 Å². The molecule has 0 aliphatic carbocycles. The minimum absolute atomic E-state index is 0.0835. The van der Waals surface area contributed by atoms with Gasteiger partial charge in [-0.05, 0) is 36.4 Å².